The van der Waals surface area contributed by atoms with Crippen molar-refractivity contribution in [2.24, 2.45) is 0 Å². The molecule has 0 radical (unpaired) electrons. The van der Waals surface area contributed by atoms with Gasteiger partial charge in [-0.25, -0.2) is 9.37 Å². The van der Waals surface area contributed by atoms with Crippen LogP contribution in [0.25, 0.3) is 5.69 Å². The van der Waals surface area contributed by atoms with Crippen LogP contribution in [-0.4, -0.2) is 15.5 Å². The van der Waals surface area contributed by atoms with E-state index in [-0.39, 0.29) is 16.5 Å². The number of amides is 1. The summed E-state index contributed by atoms with van der Waals surface area (Å²) in [6, 6.07) is 11.4. The Morgan fingerprint density at radius 3 is 2.65 bits per heavy atom. The van der Waals surface area contributed by atoms with Crippen molar-refractivity contribution in [2.45, 2.75) is 6.54 Å². The van der Waals surface area contributed by atoms with Gasteiger partial charge in [0.2, 0.25) is 0 Å². The summed E-state index contributed by atoms with van der Waals surface area (Å²) in [6.45, 7) is 0.358. The second-order valence-electron chi connectivity index (χ2n) is 4.94. The Morgan fingerprint density at radius 1 is 1.22 bits per heavy atom. The highest BCUT2D eigenvalue weighted by Gasteiger charge is 2.10. The van der Waals surface area contributed by atoms with Crippen molar-refractivity contribution in [1.29, 1.82) is 0 Å². The van der Waals surface area contributed by atoms with E-state index < -0.39 is 5.82 Å². The maximum Gasteiger partial charge on any atom is 0.253 e. The molecule has 0 bridgehead atoms. The summed E-state index contributed by atoms with van der Waals surface area (Å²) < 4.78 is 14.9. The Morgan fingerprint density at radius 2 is 2.00 bits per heavy atom. The Labute approximate surface area is 137 Å². The van der Waals surface area contributed by atoms with Crippen LogP contribution in [0.15, 0.2) is 61.2 Å². The van der Waals surface area contributed by atoms with Crippen molar-refractivity contribution < 1.29 is 9.18 Å². The third-order valence-electron chi connectivity index (χ3n) is 3.37. The van der Waals surface area contributed by atoms with Crippen molar-refractivity contribution in [1.82, 2.24) is 14.9 Å². The Bertz CT molecular complexity index is 816. The van der Waals surface area contributed by atoms with Crippen LogP contribution in [0.5, 0.6) is 0 Å². The minimum Gasteiger partial charge on any atom is -0.348 e. The molecule has 0 fully saturated rings. The van der Waals surface area contributed by atoms with Crippen molar-refractivity contribution in [3.8, 4) is 5.69 Å². The number of halogens is 2. The molecule has 0 spiro atoms. The van der Waals surface area contributed by atoms with Gasteiger partial charge in [-0.2, -0.15) is 0 Å². The molecule has 6 heteroatoms. The zero-order valence-electron chi connectivity index (χ0n) is 12.0. The molecule has 1 amide bonds. The number of nitrogens with zero attached hydrogens (tertiary/aromatic N) is 2. The van der Waals surface area contributed by atoms with Crippen LogP contribution in [0.3, 0.4) is 0 Å². The van der Waals surface area contributed by atoms with Crippen LogP contribution in [0, 0.1) is 5.82 Å². The molecule has 23 heavy (non-hydrogen) atoms. The fourth-order valence-corrected chi connectivity index (χ4v) is 2.40. The van der Waals surface area contributed by atoms with E-state index in [0.717, 1.165) is 17.3 Å². The summed E-state index contributed by atoms with van der Waals surface area (Å²) in [4.78, 5) is 16.1. The summed E-state index contributed by atoms with van der Waals surface area (Å²) >= 11 is 5.87. The minimum atomic E-state index is -0.471. The van der Waals surface area contributed by atoms with Gasteiger partial charge in [0.15, 0.2) is 0 Å². The van der Waals surface area contributed by atoms with Crippen molar-refractivity contribution >= 4 is 17.5 Å². The number of carbonyl (C=O) groups is 1. The van der Waals surface area contributed by atoms with Crippen molar-refractivity contribution in [3.05, 3.63) is 83.2 Å². The van der Waals surface area contributed by atoms with Crippen molar-refractivity contribution in [2.75, 3.05) is 0 Å². The predicted molar refractivity (Wildman–Crippen MR) is 86.1 cm³/mol. The minimum absolute atomic E-state index is 0.0953. The van der Waals surface area contributed by atoms with Crippen LogP contribution in [-0.2, 0) is 6.54 Å². The zero-order valence-corrected chi connectivity index (χ0v) is 12.8. The van der Waals surface area contributed by atoms with Crippen LogP contribution in [0.4, 0.5) is 4.39 Å². The number of aromatic nitrogens is 2. The van der Waals surface area contributed by atoms with E-state index in [2.05, 4.69) is 10.3 Å². The van der Waals surface area contributed by atoms with Gasteiger partial charge in [0.25, 0.3) is 5.91 Å². The number of hydrogen-bond acceptors (Lipinski definition) is 2. The SMILES string of the molecule is O=C(NCc1ccc(-n2ccnc2)cc1)c1ccc(F)cc1Cl. The number of rotatable bonds is 4. The molecule has 3 aromatic rings. The Balaban J connectivity index is 1.65. The third kappa shape index (κ3) is 3.57. The van der Waals surface area contributed by atoms with Gasteiger partial charge in [0, 0.05) is 24.6 Å². The standard InChI is InChI=1S/C17H13ClFN3O/c18-16-9-13(19)3-6-15(16)17(23)21-10-12-1-4-14(5-2-12)22-8-7-20-11-22/h1-9,11H,10H2,(H,21,23). The van der Waals surface area contributed by atoms with E-state index in [4.69, 9.17) is 11.6 Å². The van der Waals surface area contributed by atoms with Crippen LogP contribution < -0.4 is 5.32 Å². The van der Waals surface area contributed by atoms with Gasteiger partial charge in [-0.1, -0.05) is 23.7 Å². The van der Waals surface area contributed by atoms with Crippen LogP contribution in [0.1, 0.15) is 15.9 Å². The quantitative estimate of drug-likeness (QED) is 0.795. The fourth-order valence-electron chi connectivity index (χ4n) is 2.15. The smallest absolute Gasteiger partial charge is 0.253 e. The monoisotopic (exact) mass is 329 g/mol. The maximum absolute atomic E-state index is 13.0. The number of imidazole rings is 1. The largest absolute Gasteiger partial charge is 0.348 e. The molecule has 0 atom stereocenters. The third-order valence-corrected chi connectivity index (χ3v) is 3.68. The molecule has 0 saturated carbocycles. The van der Waals surface area contributed by atoms with Crippen LogP contribution in [0.2, 0.25) is 5.02 Å². The molecular weight excluding hydrogens is 317 g/mol. The maximum atomic E-state index is 13.0. The molecule has 0 unspecified atom stereocenters. The first-order valence-corrected chi connectivity index (χ1v) is 7.32. The molecular formula is C17H13ClFN3O. The summed E-state index contributed by atoms with van der Waals surface area (Å²) in [5.74, 6) is -0.810. The number of hydrogen-bond donors (Lipinski definition) is 1. The fraction of sp³-hybridized carbons (Fsp3) is 0.0588. The average molecular weight is 330 g/mol. The normalized spacial score (nSPS) is 10.5. The number of carbonyl (C=O) groups excluding carboxylic acids is 1. The highest BCUT2D eigenvalue weighted by Crippen LogP contribution is 2.17. The second-order valence-corrected chi connectivity index (χ2v) is 5.35. The lowest BCUT2D eigenvalue weighted by Gasteiger charge is -2.08. The van der Waals surface area contributed by atoms with Crippen LogP contribution >= 0.6 is 11.6 Å². The zero-order chi connectivity index (χ0) is 16.2. The van der Waals surface area contributed by atoms with Crippen molar-refractivity contribution in [3.63, 3.8) is 0 Å². The number of benzene rings is 2. The van der Waals surface area contributed by atoms with Gasteiger partial charge in [0.05, 0.1) is 16.9 Å². The summed E-state index contributed by atoms with van der Waals surface area (Å²) in [7, 11) is 0. The molecule has 1 N–H and O–H groups in total. The summed E-state index contributed by atoms with van der Waals surface area (Å²) in [6.07, 6.45) is 5.28. The lowest BCUT2D eigenvalue weighted by Crippen LogP contribution is -2.23. The molecule has 3 rings (SSSR count). The van der Waals surface area contributed by atoms with Gasteiger partial charge in [-0.15, -0.1) is 0 Å². The second kappa shape index (κ2) is 6.62. The summed E-state index contributed by atoms with van der Waals surface area (Å²) in [5, 5.41) is 2.86. The van der Waals surface area contributed by atoms with E-state index in [1.807, 2.05) is 35.0 Å². The van der Waals surface area contributed by atoms with Gasteiger partial charge < -0.3 is 9.88 Å². The Hall–Kier alpha value is -2.66. The van der Waals surface area contributed by atoms with E-state index in [0.29, 0.717) is 6.54 Å². The highest BCUT2D eigenvalue weighted by molar-refractivity contribution is 6.33. The lowest BCUT2D eigenvalue weighted by molar-refractivity contribution is 0.0951. The first-order valence-electron chi connectivity index (χ1n) is 6.94. The molecule has 1 heterocycles. The predicted octanol–water partition coefficient (Wildman–Crippen LogP) is 3.59. The molecule has 4 nitrogen and oxygen atoms in total. The first kappa shape index (κ1) is 15.2. The molecule has 0 saturated heterocycles. The van der Waals surface area contributed by atoms with E-state index in [1.165, 1.54) is 12.1 Å². The highest BCUT2D eigenvalue weighted by atomic mass is 35.5. The molecule has 0 aliphatic rings. The molecule has 0 aliphatic carbocycles. The van der Waals surface area contributed by atoms with Gasteiger partial charge in [-0.05, 0) is 35.9 Å². The topological polar surface area (TPSA) is 46.9 Å². The lowest BCUT2D eigenvalue weighted by atomic mass is 10.1. The van der Waals surface area contributed by atoms with E-state index in [1.54, 1.807) is 12.5 Å². The number of nitrogens with one attached hydrogen (secondary N) is 1. The first-order chi connectivity index (χ1) is 11.1. The molecule has 116 valence electrons. The van der Waals surface area contributed by atoms with E-state index in [9.17, 15) is 9.18 Å². The van der Waals surface area contributed by atoms with Gasteiger partial charge in [0.1, 0.15) is 5.82 Å². The molecule has 0 aliphatic heterocycles. The molecule has 2 aromatic carbocycles. The summed E-state index contributed by atoms with van der Waals surface area (Å²) in [5.41, 5.74) is 2.18. The average Bonchev–Trinajstić information content (AvgIpc) is 3.07. The Kier molecular flexibility index (Phi) is 4.39. The molecule has 1 aromatic heterocycles. The van der Waals surface area contributed by atoms with Gasteiger partial charge in [-0.3, -0.25) is 4.79 Å². The van der Waals surface area contributed by atoms with E-state index >= 15 is 0 Å². The van der Waals surface area contributed by atoms with Gasteiger partial charge >= 0.3 is 0 Å².